The molecule has 3 rings (SSSR count). The predicted octanol–water partition coefficient (Wildman–Crippen LogP) is 2.69. The van der Waals surface area contributed by atoms with Crippen molar-refractivity contribution in [1.29, 1.82) is 0 Å². The Balaban J connectivity index is 1.76. The molecule has 18 heavy (non-hydrogen) atoms. The molecular formula is C16H17NO. The third-order valence-corrected chi connectivity index (χ3v) is 3.50. The van der Waals surface area contributed by atoms with Crippen molar-refractivity contribution < 1.29 is 4.74 Å². The number of nitrogens with two attached hydrogens (primary N) is 1. The Morgan fingerprint density at radius 3 is 2.22 bits per heavy atom. The highest BCUT2D eigenvalue weighted by atomic mass is 16.5. The molecule has 0 radical (unpaired) electrons. The molecule has 0 spiro atoms. The van der Waals surface area contributed by atoms with Gasteiger partial charge in [0.25, 0.3) is 0 Å². The first-order valence-electron chi connectivity index (χ1n) is 6.38. The smallest absolute Gasteiger partial charge is 0.124 e. The molecule has 0 aromatic heterocycles. The van der Waals surface area contributed by atoms with Gasteiger partial charge in [0.1, 0.15) is 11.9 Å². The summed E-state index contributed by atoms with van der Waals surface area (Å²) >= 11 is 0. The number of ether oxygens (including phenoxy) is 1. The van der Waals surface area contributed by atoms with Crippen LogP contribution in [0.1, 0.15) is 16.7 Å². The van der Waals surface area contributed by atoms with Crippen LogP contribution in [0.25, 0.3) is 0 Å². The second-order valence-electron chi connectivity index (χ2n) is 4.73. The van der Waals surface area contributed by atoms with E-state index in [9.17, 15) is 0 Å². The summed E-state index contributed by atoms with van der Waals surface area (Å²) in [4.78, 5) is 0. The molecule has 0 amide bonds. The number of benzene rings is 2. The van der Waals surface area contributed by atoms with Crippen LogP contribution in [-0.2, 0) is 19.4 Å². The quantitative estimate of drug-likeness (QED) is 0.893. The van der Waals surface area contributed by atoms with Gasteiger partial charge in [-0.2, -0.15) is 0 Å². The Kier molecular flexibility index (Phi) is 3.03. The van der Waals surface area contributed by atoms with E-state index in [1.54, 1.807) is 0 Å². The van der Waals surface area contributed by atoms with E-state index in [0.717, 1.165) is 24.2 Å². The molecule has 0 bridgehead atoms. The van der Waals surface area contributed by atoms with Gasteiger partial charge in [0.15, 0.2) is 0 Å². The summed E-state index contributed by atoms with van der Waals surface area (Å²) in [6.45, 7) is 0.524. The Morgan fingerprint density at radius 2 is 1.56 bits per heavy atom. The third kappa shape index (κ3) is 2.12. The molecule has 0 atom stereocenters. The zero-order valence-electron chi connectivity index (χ0n) is 10.3. The van der Waals surface area contributed by atoms with Crippen molar-refractivity contribution in [3.63, 3.8) is 0 Å². The molecule has 1 aliphatic rings. The summed E-state index contributed by atoms with van der Waals surface area (Å²) in [6, 6.07) is 16.6. The van der Waals surface area contributed by atoms with Crippen LogP contribution in [0.15, 0.2) is 48.5 Å². The molecule has 0 saturated carbocycles. The Labute approximate surface area is 107 Å². The van der Waals surface area contributed by atoms with Gasteiger partial charge in [0.05, 0.1) is 0 Å². The standard InChI is InChI=1S/C16H17NO/c17-11-14-7-3-4-8-16(14)18-15-9-12-5-1-2-6-13(12)10-15/h1-8,15H,9-11,17H2. The lowest BCUT2D eigenvalue weighted by atomic mass is 10.1. The normalized spacial score (nSPS) is 14.5. The Bertz CT molecular complexity index is 525. The van der Waals surface area contributed by atoms with E-state index >= 15 is 0 Å². The van der Waals surface area contributed by atoms with Crippen molar-refractivity contribution >= 4 is 0 Å². The van der Waals surface area contributed by atoms with Gasteiger partial charge in [0.2, 0.25) is 0 Å². The van der Waals surface area contributed by atoms with Crippen LogP contribution in [0.2, 0.25) is 0 Å². The van der Waals surface area contributed by atoms with E-state index in [-0.39, 0.29) is 6.10 Å². The molecule has 0 heterocycles. The Hall–Kier alpha value is -1.80. The number of rotatable bonds is 3. The third-order valence-electron chi connectivity index (χ3n) is 3.50. The average Bonchev–Trinajstić information content (AvgIpc) is 2.81. The first kappa shape index (κ1) is 11.3. The first-order valence-corrected chi connectivity index (χ1v) is 6.38. The fraction of sp³-hybridized carbons (Fsp3) is 0.250. The van der Waals surface area contributed by atoms with Crippen molar-refractivity contribution in [2.45, 2.75) is 25.5 Å². The number of fused-ring (bicyclic) bond motifs is 1. The predicted molar refractivity (Wildman–Crippen MR) is 72.6 cm³/mol. The lowest BCUT2D eigenvalue weighted by Gasteiger charge is -2.15. The molecule has 2 N–H and O–H groups in total. The molecule has 2 aromatic carbocycles. The maximum absolute atomic E-state index is 6.10. The van der Waals surface area contributed by atoms with E-state index in [4.69, 9.17) is 10.5 Å². The van der Waals surface area contributed by atoms with Gasteiger partial charge in [-0.05, 0) is 17.2 Å². The lowest BCUT2D eigenvalue weighted by Crippen LogP contribution is -2.17. The van der Waals surface area contributed by atoms with Crippen LogP contribution in [-0.4, -0.2) is 6.10 Å². The highest BCUT2D eigenvalue weighted by Gasteiger charge is 2.22. The largest absolute Gasteiger partial charge is 0.489 e. The monoisotopic (exact) mass is 239 g/mol. The SMILES string of the molecule is NCc1ccccc1OC1Cc2ccccc2C1. The van der Waals surface area contributed by atoms with Crippen LogP contribution in [0.4, 0.5) is 0 Å². The van der Waals surface area contributed by atoms with E-state index < -0.39 is 0 Å². The van der Waals surface area contributed by atoms with Crippen molar-refractivity contribution in [3.05, 3.63) is 65.2 Å². The molecule has 0 aliphatic heterocycles. The summed E-state index contributed by atoms with van der Waals surface area (Å²) in [5.41, 5.74) is 9.63. The molecule has 2 aromatic rings. The second-order valence-corrected chi connectivity index (χ2v) is 4.73. The van der Waals surface area contributed by atoms with Crippen molar-refractivity contribution in [2.24, 2.45) is 5.73 Å². The van der Waals surface area contributed by atoms with Gasteiger partial charge in [0, 0.05) is 24.9 Å². The average molecular weight is 239 g/mol. The van der Waals surface area contributed by atoms with Crippen LogP contribution in [0, 0.1) is 0 Å². The van der Waals surface area contributed by atoms with Crippen LogP contribution in [0.5, 0.6) is 5.75 Å². The fourth-order valence-corrected chi connectivity index (χ4v) is 2.57. The topological polar surface area (TPSA) is 35.2 Å². The van der Waals surface area contributed by atoms with Crippen molar-refractivity contribution in [1.82, 2.24) is 0 Å². The van der Waals surface area contributed by atoms with Crippen LogP contribution < -0.4 is 10.5 Å². The highest BCUT2D eigenvalue weighted by Crippen LogP contribution is 2.27. The number of hydrogen-bond acceptors (Lipinski definition) is 2. The number of para-hydroxylation sites is 1. The molecule has 92 valence electrons. The molecular weight excluding hydrogens is 222 g/mol. The van der Waals surface area contributed by atoms with E-state index in [0.29, 0.717) is 6.54 Å². The summed E-state index contributed by atoms with van der Waals surface area (Å²) in [5, 5.41) is 0. The minimum Gasteiger partial charge on any atom is -0.489 e. The second kappa shape index (κ2) is 4.83. The van der Waals surface area contributed by atoms with E-state index in [1.807, 2.05) is 24.3 Å². The molecule has 0 unspecified atom stereocenters. The molecule has 0 saturated heterocycles. The van der Waals surface area contributed by atoms with Crippen LogP contribution >= 0.6 is 0 Å². The molecule has 0 fully saturated rings. The van der Waals surface area contributed by atoms with Crippen molar-refractivity contribution in [2.75, 3.05) is 0 Å². The van der Waals surface area contributed by atoms with Gasteiger partial charge in [-0.1, -0.05) is 42.5 Å². The number of hydrogen-bond donors (Lipinski definition) is 1. The Morgan fingerprint density at radius 1 is 0.944 bits per heavy atom. The van der Waals surface area contributed by atoms with Gasteiger partial charge in [-0.3, -0.25) is 0 Å². The van der Waals surface area contributed by atoms with Crippen LogP contribution in [0.3, 0.4) is 0 Å². The molecule has 2 heteroatoms. The molecule has 1 aliphatic carbocycles. The van der Waals surface area contributed by atoms with Gasteiger partial charge < -0.3 is 10.5 Å². The minimum atomic E-state index is 0.245. The summed E-state index contributed by atoms with van der Waals surface area (Å²) in [6.07, 6.45) is 2.24. The zero-order chi connectivity index (χ0) is 12.4. The van der Waals surface area contributed by atoms with E-state index in [2.05, 4.69) is 24.3 Å². The van der Waals surface area contributed by atoms with Gasteiger partial charge >= 0.3 is 0 Å². The summed E-state index contributed by atoms with van der Waals surface area (Å²) < 4.78 is 6.10. The first-order chi connectivity index (χ1) is 8.86. The van der Waals surface area contributed by atoms with Crippen molar-refractivity contribution in [3.8, 4) is 5.75 Å². The zero-order valence-corrected chi connectivity index (χ0v) is 10.3. The van der Waals surface area contributed by atoms with Gasteiger partial charge in [-0.15, -0.1) is 0 Å². The molecule has 2 nitrogen and oxygen atoms in total. The minimum absolute atomic E-state index is 0.245. The summed E-state index contributed by atoms with van der Waals surface area (Å²) in [7, 11) is 0. The van der Waals surface area contributed by atoms with E-state index in [1.165, 1.54) is 11.1 Å². The lowest BCUT2D eigenvalue weighted by molar-refractivity contribution is 0.212. The summed E-state index contributed by atoms with van der Waals surface area (Å²) in [5.74, 6) is 0.929. The fourth-order valence-electron chi connectivity index (χ4n) is 2.57. The maximum Gasteiger partial charge on any atom is 0.124 e. The highest BCUT2D eigenvalue weighted by molar-refractivity contribution is 5.36. The maximum atomic E-state index is 6.10. The van der Waals surface area contributed by atoms with Gasteiger partial charge in [-0.25, -0.2) is 0 Å².